The van der Waals surface area contributed by atoms with Gasteiger partial charge >= 0.3 is 39.5 Å². The summed E-state index contributed by atoms with van der Waals surface area (Å²) >= 11 is 0. The number of esters is 4. The van der Waals surface area contributed by atoms with Gasteiger partial charge in [0.05, 0.1) is 26.4 Å². The van der Waals surface area contributed by atoms with E-state index >= 15 is 0 Å². The van der Waals surface area contributed by atoms with Crippen molar-refractivity contribution in [2.45, 2.75) is 478 Å². The van der Waals surface area contributed by atoms with E-state index in [0.717, 1.165) is 108 Å². The van der Waals surface area contributed by atoms with Gasteiger partial charge in [-0.25, -0.2) is 9.13 Å². The number of unbranched alkanes of at least 4 members (excludes halogenated alkanes) is 53. The highest BCUT2D eigenvalue weighted by Gasteiger charge is 2.30. The molecule has 0 saturated carbocycles. The van der Waals surface area contributed by atoms with E-state index < -0.39 is 97.5 Å². The van der Waals surface area contributed by atoms with Crippen molar-refractivity contribution < 1.29 is 80.2 Å². The number of hydrogen-bond acceptors (Lipinski definition) is 15. The summed E-state index contributed by atoms with van der Waals surface area (Å²) in [5.41, 5.74) is 0. The van der Waals surface area contributed by atoms with Gasteiger partial charge in [-0.3, -0.25) is 37.3 Å². The van der Waals surface area contributed by atoms with Crippen molar-refractivity contribution >= 4 is 39.5 Å². The Kier molecular flexibility index (Phi) is 75.6. The fourth-order valence-electron chi connectivity index (χ4n) is 13.5. The minimum Gasteiger partial charge on any atom is -0.462 e. The summed E-state index contributed by atoms with van der Waals surface area (Å²) < 4.78 is 68.9. The summed E-state index contributed by atoms with van der Waals surface area (Å²) in [5.74, 6) is 0.296. The number of phosphoric acid groups is 2. The normalized spacial score (nSPS) is 13.9. The first-order chi connectivity index (χ1) is 51.2. The van der Waals surface area contributed by atoms with Crippen LogP contribution in [0.5, 0.6) is 0 Å². The number of carbonyl (C=O) groups is 4. The number of phosphoric ester groups is 2. The zero-order valence-corrected chi connectivity index (χ0v) is 71.7. The lowest BCUT2D eigenvalue weighted by Crippen LogP contribution is -2.30. The SMILES string of the molecule is CCCCCCCCCCCCCCC(=O)OC[C@H](COP(=O)(O)OC[C@H](O)COP(=O)(O)OC[C@@H](COC(=O)CCCCCCCCCCCCCCCCCCC(C)C)OC(=O)CCCCCCCCCCCCCCCCCCCCC(C)C)OC(=O)CCCCCCCCCCCCCC(C)C. The van der Waals surface area contributed by atoms with Crippen LogP contribution in [-0.4, -0.2) is 96.7 Å². The molecular weight excluding hydrogens is 1380 g/mol. The lowest BCUT2D eigenvalue weighted by Gasteiger charge is -2.21. The second-order valence-electron chi connectivity index (χ2n) is 32.7. The monoisotopic (exact) mass is 1550 g/mol. The van der Waals surface area contributed by atoms with Gasteiger partial charge in [0.25, 0.3) is 0 Å². The van der Waals surface area contributed by atoms with E-state index in [4.69, 9.17) is 37.0 Å². The Labute approximate surface area is 651 Å². The van der Waals surface area contributed by atoms with Crippen LogP contribution in [0, 0.1) is 17.8 Å². The van der Waals surface area contributed by atoms with Crippen LogP contribution in [0.4, 0.5) is 0 Å². The third kappa shape index (κ3) is 80.1. The second-order valence-corrected chi connectivity index (χ2v) is 35.6. The number of aliphatic hydroxyl groups excluding tert-OH is 1. The van der Waals surface area contributed by atoms with Crippen molar-refractivity contribution in [3.8, 4) is 0 Å². The van der Waals surface area contributed by atoms with Gasteiger partial charge in [-0.1, -0.05) is 408 Å². The van der Waals surface area contributed by atoms with Crippen LogP contribution in [0.25, 0.3) is 0 Å². The van der Waals surface area contributed by atoms with Crippen molar-refractivity contribution in [1.82, 2.24) is 0 Å². The summed E-state index contributed by atoms with van der Waals surface area (Å²) in [6, 6.07) is 0. The van der Waals surface area contributed by atoms with Crippen LogP contribution in [-0.2, 0) is 65.4 Å². The fourth-order valence-corrected chi connectivity index (χ4v) is 15.1. The molecule has 0 aromatic rings. The van der Waals surface area contributed by atoms with Crippen LogP contribution in [0.2, 0.25) is 0 Å². The first-order valence-corrected chi connectivity index (χ1v) is 47.8. The molecule has 0 rings (SSSR count). The standard InChI is InChI=1S/C87H170O17P2/c1-8-9-10-11-12-13-14-33-40-47-54-61-68-84(89)97-74-83(104-87(92)71-64-57-50-43-36-29-32-39-46-53-60-67-80(6)7)77-102-106(95,96)100-73-81(88)72-99-105(93,94)101-76-82(75-98-85(90)69-62-55-48-41-34-27-23-20-19-22-26-31-38-45-52-59-66-79(4)5)103-86(91)70-63-56-49-42-35-28-24-18-16-15-17-21-25-30-37-44-51-58-65-78(2)3/h78-83,88H,8-77H2,1-7H3,(H,93,94)(H,95,96)/t81-,82-,83-/m1/s1. The molecule has 0 aliphatic carbocycles. The molecule has 0 bridgehead atoms. The summed E-state index contributed by atoms with van der Waals surface area (Å²) in [6.45, 7) is 12.1. The first kappa shape index (κ1) is 104. The Morgan fingerprint density at radius 1 is 0.255 bits per heavy atom. The first-order valence-electron chi connectivity index (χ1n) is 44.8. The Bertz CT molecular complexity index is 2040. The van der Waals surface area contributed by atoms with Gasteiger partial charge in [0, 0.05) is 25.7 Å². The quantitative estimate of drug-likeness (QED) is 0.0222. The van der Waals surface area contributed by atoms with E-state index in [9.17, 15) is 43.2 Å². The summed E-state index contributed by atoms with van der Waals surface area (Å²) in [5, 5.41) is 10.7. The van der Waals surface area contributed by atoms with E-state index in [0.29, 0.717) is 25.7 Å². The maximum Gasteiger partial charge on any atom is 0.472 e. The number of aliphatic hydroxyl groups is 1. The van der Waals surface area contributed by atoms with Crippen molar-refractivity contribution in [1.29, 1.82) is 0 Å². The Morgan fingerprint density at radius 2 is 0.434 bits per heavy atom. The van der Waals surface area contributed by atoms with E-state index in [2.05, 4.69) is 48.5 Å². The van der Waals surface area contributed by atoms with E-state index in [1.54, 1.807) is 0 Å². The Morgan fingerprint density at radius 3 is 0.642 bits per heavy atom. The molecule has 0 radical (unpaired) electrons. The van der Waals surface area contributed by atoms with Crippen LogP contribution in [0.1, 0.15) is 459 Å². The van der Waals surface area contributed by atoms with Crippen LogP contribution in [0.3, 0.4) is 0 Å². The topological polar surface area (TPSA) is 237 Å². The summed E-state index contributed by atoms with van der Waals surface area (Å²) in [6.07, 6.45) is 68.0. The van der Waals surface area contributed by atoms with Crippen molar-refractivity contribution in [3.63, 3.8) is 0 Å². The molecule has 0 fully saturated rings. The van der Waals surface area contributed by atoms with Crippen LogP contribution >= 0.6 is 15.6 Å². The smallest absolute Gasteiger partial charge is 0.462 e. The summed E-state index contributed by atoms with van der Waals surface area (Å²) in [7, 11) is -9.93. The molecule has 0 aliphatic heterocycles. The van der Waals surface area contributed by atoms with Crippen molar-refractivity contribution in [2.75, 3.05) is 39.6 Å². The maximum atomic E-state index is 13.2. The zero-order valence-electron chi connectivity index (χ0n) is 69.9. The molecule has 19 heteroatoms. The van der Waals surface area contributed by atoms with Gasteiger partial charge in [-0.15, -0.1) is 0 Å². The minimum atomic E-state index is -4.97. The average molecular weight is 1550 g/mol. The predicted molar refractivity (Wildman–Crippen MR) is 437 cm³/mol. The van der Waals surface area contributed by atoms with Crippen LogP contribution < -0.4 is 0 Å². The third-order valence-corrected chi connectivity index (χ3v) is 22.3. The molecular formula is C87H170O17P2. The minimum absolute atomic E-state index is 0.107. The number of carbonyl (C=O) groups excluding carboxylic acids is 4. The molecule has 106 heavy (non-hydrogen) atoms. The molecule has 2 unspecified atom stereocenters. The average Bonchev–Trinajstić information content (AvgIpc) is 0.903. The number of rotatable bonds is 85. The predicted octanol–water partition coefficient (Wildman–Crippen LogP) is 26.5. The van der Waals surface area contributed by atoms with Gasteiger partial charge in [0.15, 0.2) is 12.2 Å². The lowest BCUT2D eigenvalue weighted by molar-refractivity contribution is -0.161. The maximum absolute atomic E-state index is 13.2. The number of hydrogen-bond donors (Lipinski definition) is 3. The Hall–Kier alpha value is -1.94. The summed E-state index contributed by atoms with van der Waals surface area (Å²) in [4.78, 5) is 73.3. The molecule has 0 spiro atoms. The highest BCUT2D eigenvalue weighted by Crippen LogP contribution is 2.45. The highest BCUT2D eigenvalue weighted by atomic mass is 31.2. The molecule has 0 aromatic heterocycles. The third-order valence-electron chi connectivity index (χ3n) is 20.4. The van der Waals surface area contributed by atoms with Gasteiger partial charge < -0.3 is 33.8 Å². The molecule has 3 N–H and O–H groups in total. The zero-order chi connectivity index (χ0) is 77.9. The molecule has 5 atom stereocenters. The van der Waals surface area contributed by atoms with Gasteiger partial charge in [0.1, 0.15) is 19.3 Å². The van der Waals surface area contributed by atoms with Gasteiger partial charge in [-0.2, -0.15) is 0 Å². The molecule has 0 aromatic carbocycles. The van der Waals surface area contributed by atoms with E-state index in [-0.39, 0.29) is 25.7 Å². The molecule has 0 heterocycles. The fraction of sp³-hybridized carbons (Fsp3) is 0.954. The Balaban J connectivity index is 5.24. The van der Waals surface area contributed by atoms with Crippen molar-refractivity contribution in [2.24, 2.45) is 17.8 Å². The molecule has 0 amide bonds. The molecule has 0 saturated heterocycles. The lowest BCUT2D eigenvalue weighted by atomic mass is 10.0. The second kappa shape index (κ2) is 77.0. The van der Waals surface area contributed by atoms with Gasteiger partial charge in [-0.05, 0) is 43.4 Å². The molecule has 0 aliphatic rings. The van der Waals surface area contributed by atoms with Crippen LogP contribution in [0.15, 0.2) is 0 Å². The molecule has 630 valence electrons. The van der Waals surface area contributed by atoms with Crippen molar-refractivity contribution in [3.05, 3.63) is 0 Å². The van der Waals surface area contributed by atoms with Gasteiger partial charge in [0.2, 0.25) is 0 Å². The largest absolute Gasteiger partial charge is 0.472 e. The van der Waals surface area contributed by atoms with E-state index in [1.165, 1.54) is 270 Å². The highest BCUT2D eigenvalue weighted by molar-refractivity contribution is 7.47. The number of ether oxygens (including phenoxy) is 4. The molecule has 17 nitrogen and oxygen atoms in total. The van der Waals surface area contributed by atoms with E-state index in [1.807, 2.05) is 0 Å².